The number of rotatable bonds is 4. The van der Waals surface area contributed by atoms with E-state index in [1.165, 1.54) is 37.9 Å². The van der Waals surface area contributed by atoms with Crippen molar-refractivity contribution in [1.82, 2.24) is 5.32 Å². The van der Waals surface area contributed by atoms with Gasteiger partial charge in [0.05, 0.1) is 0 Å². The largest absolute Gasteiger partial charge is 0.316 e. The summed E-state index contributed by atoms with van der Waals surface area (Å²) in [6.45, 7) is 2.49. The van der Waals surface area contributed by atoms with Gasteiger partial charge in [0.2, 0.25) is 0 Å². The molecule has 0 radical (unpaired) electrons. The Balaban J connectivity index is 1.67. The van der Waals surface area contributed by atoms with Crippen LogP contribution in [0.15, 0.2) is 30.3 Å². The summed E-state index contributed by atoms with van der Waals surface area (Å²) in [6.07, 6.45) is 3.98. The monoisotopic (exact) mass is 175 g/mol. The van der Waals surface area contributed by atoms with Crippen molar-refractivity contribution in [3.8, 4) is 0 Å². The minimum absolute atomic E-state index is 0.962. The molecule has 0 saturated carbocycles. The van der Waals surface area contributed by atoms with Gasteiger partial charge in [0, 0.05) is 0 Å². The van der Waals surface area contributed by atoms with E-state index < -0.39 is 0 Å². The summed E-state index contributed by atoms with van der Waals surface area (Å²) in [6, 6.07) is 10.8. The Morgan fingerprint density at radius 3 is 2.54 bits per heavy atom. The van der Waals surface area contributed by atoms with Gasteiger partial charge in [0.25, 0.3) is 0 Å². The van der Waals surface area contributed by atoms with Gasteiger partial charge in [-0.15, -0.1) is 0 Å². The highest BCUT2D eigenvalue weighted by Crippen LogP contribution is 2.13. The fourth-order valence-corrected chi connectivity index (χ4v) is 1.79. The van der Waals surface area contributed by atoms with Crippen LogP contribution in [0.2, 0.25) is 0 Å². The maximum Gasteiger partial charge on any atom is -0.000825 e. The Bertz CT molecular complexity index is 239. The summed E-state index contributed by atoms with van der Waals surface area (Å²) < 4.78 is 0. The van der Waals surface area contributed by atoms with Crippen molar-refractivity contribution in [2.24, 2.45) is 5.92 Å². The van der Waals surface area contributed by atoms with Crippen LogP contribution in [0.25, 0.3) is 0 Å². The molecule has 1 aromatic rings. The molecule has 1 aliphatic heterocycles. The van der Waals surface area contributed by atoms with Crippen molar-refractivity contribution in [3.63, 3.8) is 0 Å². The van der Waals surface area contributed by atoms with Gasteiger partial charge in [-0.25, -0.2) is 0 Å². The van der Waals surface area contributed by atoms with Crippen LogP contribution >= 0.6 is 0 Å². The molecule has 0 bridgehead atoms. The second kappa shape index (κ2) is 4.43. The second-order valence-electron chi connectivity index (χ2n) is 3.90. The smallest absolute Gasteiger partial charge is 0.000825 e. The molecule has 1 heteroatoms. The molecule has 1 heterocycles. The fraction of sp³-hybridized carbons (Fsp3) is 0.500. The fourth-order valence-electron chi connectivity index (χ4n) is 1.79. The number of aryl methyl sites for hydroxylation is 1. The third kappa shape index (κ3) is 2.56. The predicted molar refractivity (Wildman–Crippen MR) is 55.7 cm³/mol. The molecule has 1 nitrogen and oxygen atoms in total. The second-order valence-corrected chi connectivity index (χ2v) is 3.90. The zero-order chi connectivity index (χ0) is 8.93. The number of nitrogens with one attached hydrogen (secondary N) is 1. The maximum atomic E-state index is 3.31. The molecule has 0 aliphatic carbocycles. The third-order valence-corrected chi connectivity index (χ3v) is 2.79. The van der Waals surface area contributed by atoms with Crippen LogP contribution in [0.5, 0.6) is 0 Å². The lowest BCUT2D eigenvalue weighted by Gasteiger charge is -2.26. The first kappa shape index (κ1) is 8.76. The zero-order valence-corrected chi connectivity index (χ0v) is 8.00. The van der Waals surface area contributed by atoms with Gasteiger partial charge in [0.15, 0.2) is 0 Å². The van der Waals surface area contributed by atoms with E-state index >= 15 is 0 Å². The molecule has 0 unspecified atom stereocenters. The van der Waals surface area contributed by atoms with Gasteiger partial charge in [-0.3, -0.25) is 0 Å². The van der Waals surface area contributed by atoms with Crippen LogP contribution in [-0.2, 0) is 6.42 Å². The SMILES string of the molecule is c1ccc(CCCC2CNC2)cc1. The Kier molecular flexibility index (Phi) is 2.98. The van der Waals surface area contributed by atoms with Gasteiger partial charge >= 0.3 is 0 Å². The highest BCUT2D eigenvalue weighted by molar-refractivity contribution is 5.14. The summed E-state index contributed by atoms with van der Waals surface area (Å²) in [5.41, 5.74) is 1.48. The summed E-state index contributed by atoms with van der Waals surface area (Å²) in [5.74, 6) is 0.962. The van der Waals surface area contributed by atoms with E-state index in [2.05, 4.69) is 35.6 Å². The summed E-state index contributed by atoms with van der Waals surface area (Å²) in [5, 5.41) is 3.31. The maximum absolute atomic E-state index is 3.31. The molecular formula is C12H17N. The molecule has 1 aliphatic rings. The molecular weight excluding hydrogens is 158 g/mol. The van der Waals surface area contributed by atoms with Gasteiger partial charge in [-0.05, 0) is 43.8 Å². The van der Waals surface area contributed by atoms with Crippen LogP contribution in [-0.4, -0.2) is 13.1 Å². The first-order valence-corrected chi connectivity index (χ1v) is 5.20. The summed E-state index contributed by atoms with van der Waals surface area (Å²) >= 11 is 0. The van der Waals surface area contributed by atoms with Crippen LogP contribution in [0.1, 0.15) is 18.4 Å². The molecule has 0 atom stereocenters. The molecule has 70 valence electrons. The van der Waals surface area contributed by atoms with Crippen LogP contribution in [0.4, 0.5) is 0 Å². The van der Waals surface area contributed by atoms with Gasteiger partial charge < -0.3 is 5.32 Å². The molecule has 1 aromatic carbocycles. The van der Waals surface area contributed by atoms with E-state index in [0.717, 1.165) is 5.92 Å². The Morgan fingerprint density at radius 2 is 1.92 bits per heavy atom. The van der Waals surface area contributed by atoms with Crippen molar-refractivity contribution in [2.75, 3.05) is 13.1 Å². The topological polar surface area (TPSA) is 12.0 Å². The van der Waals surface area contributed by atoms with Crippen LogP contribution < -0.4 is 5.32 Å². The first-order valence-electron chi connectivity index (χ1n) is 5.20. The summed E-state index contributed by atoms with van der Waals surface area (Å²) in [7, 11) is 0. The predicted octanol–water partition coefficient (Wildman–Crippen LogP) is 2.23. The van der Waals surface area contributed by atoms with E-state index in [-0.39, 0.29) is 0 Å². The number of hydrogen-bond acceptors (Lipinski definition) is 1. The third-order valence-electron chi connectivity index (χ3n) is 2.79. The molecule has 1 saturated heterocycles. The lowest BCUT2D eigenvalue weighted by atomic mass is 9.95. The highest BCUT2D eigenvalue weighted by Gasteiger charge is 2.15. The van der Waals surface area contributed by atoms with Gasteiger partial charge in [-0.1, -0.05) is 30.3 Å². The van der Waals surface area contributed by atoms with Gasteiger partial charge in [-0.2, -0.15) is 0 Å². The molecule has 0 amide bonds. The molecule has 13 heavy (non-hydrogen) atoms. The number of benzene rings is 1. The minimum atomic E-state index is 0.962. The van der Waals surface area contributed by atoms with Crippen LogP contribution in [0, 0.1) is 5.92 Å². The van der Waals surface area contributed by atoms with Crippen molar-refractivity contribution in [1.29, 1.82) is 0 Å². The van der Waals surface area contributed by atoms with E-state index in [0.29, 0.717) is 0 Å². The van der Waals surface area contributed by atoms with E-state index in [1.807, 2.05) is 0 Å². The number of hydrogen-bond donors (Lipinski definition) is 1. The minimum Gasteiger partial charge on any atom is -0.316 e. The normalized spacial score (nSPS) is 16.9. The molecule has 0 aromatic heterocycles. The Hall–Kier alpha value is -0.820. The Labute approximate surface area is 80.2 Å². The quantitative estimate of drug-likeness (QED) is 0.740. The molecule has 0 spiro atoms. The standard InChI is InChI=1S/C12H17N/c1-2-5-11(6-3-1)7-4-8-12-9-13-10-12/h1-3,5-6,12-13H,4,7-10H2. The summed E-state index contributed by atoms with van der Waals surface area (Å²) in [4.78, 5) is 0. The Morgan fingerprint density at radius 1 is 1.15 bits per heavy atom. The van der Waals surface area contributed by atoms with E-state index in [1.54, 1.807) is 0 Å². The lowest BCUT2D eigenvalue weighted by molar-refractivity contribution is 0.321. The van der Waals surface area contributed by atoms with Crippen molar-refractivity contribution >= 4 is 0 Å². The lowest BCUT2D eigenvalue weighted by Crippen LogP contribution is -2.41. The molecule has 2 rings (SSSR count). The molecule has 1 fully saturated rings. The first-order chi connectivity index (χ1) is 6.45. The van der Waals surface area contributed by atoms with Crippen LogP contribution in [0.3, 0.4) is 0 Å². The average Bonchev–Trinajstić information content (AvgIpc) is 2.11. The van der Waals surface area contributed by atoms with Gasteiger partial charge in [0.1, 0.15) is 0 Å². The zero-order valence-electron chi connectivity index (χ0n) is 8.00. The van der Waals surface area contributed by atoms with Crippen molar-refractivity contribution in [2.45, 2.75) is 19.3 Å². The van der Waals surface area contributed by atoms with E-state index in [4.69, 9.17) is 0 Å². The highest BCUT2D eigenvalue weighted by atomic mass is 14.9. The average molecular weight is 175 g/mol. The molecule has 1 N–H and O–H groups in total. The van der Waals surface area contributed by atoms with Crippen molar-refractivity contribution in [3.05, 3.63) is 35.9 Å². The van der Waals surface area contributed by atoms with E-state index in [9.17, 15) is 0 Å². The van der Waals surface area contributed by atoms with Crippen molar-refractivity contribution < 1.29 is 0 Å².